The monoisotopic (exact) mass is 274 g/mol. The molecule has 1 amide bonds. The van der Waals surface area contributed by atoms with Gasteiger partial charge in [-0.1, -0.05) is 0 Å². The summed E-state index contributed by atoms with van der Waals surface area (Å²) in [7, 11) is 1.56. The van der Waals surface area contributed by atoms with E-state index in [0.29, 0.717) is 23.5 Å². The molecule has 0 aliphatic heterocycles. The summed E-state index contributed by atoms with van der Waals surface area (Å²) < 4.78 is 6.96. The summed E-state index contributed by atoms with van der Waals surface area (Å²) in [5.74, 6) is 0.434. The molecule has 1 atom stereocenters. The van der Waals surface area contributed by atoms with Crippen molar-refractivity contribution in [3.8, 4) is 5.75 Å². The van der Waals surface area contributed by atoms with Gasteiger partial charge in [0.25, 0.3) is 5.91 Å². The van der Waals surface area contributed by atoms with Gasteiger partial charge in [0, 0.05) is 36.7 Å². The molecule has 0 aliphatic carbocycles. The van der Waals surface area contributed by atoms with Gasteiger partial charge >= 0.3 is 0 Å². The van der Waals surface area contributed by atoms with Crippen LogP contribution in [0, 0.1) is 0 Å². The van der Waals surface area contributed by atoms with Crippen molar-refractivity contribution >= 4 is 11.6 Å². The second kappa shape index (κ2) is 6.10. The minimum absolute atomic E-state index is 0.0294. The number of imidazole rings is 1. The number of benzene rings is 1. The van der Waals surface area contributed by atoms with Crippen molar-refractivity contribution < 1.29 is 9.53 Å². The summed E-state index contributed by atoms with van der Waals surface area (Å²) in [4.78, 5) is 16.1. The Kier molecular flexibility index (Phi) is 4.24. The van der Waals surface area contributed by atoms with Crippen LogP contribution in [-0.4, -0.2) is 28.6 Å². The number of methoxy groups -OCH3 is 1. The standard InChI is InChI=1S/C14H18N4O2/c1-10(8-18-6-5-16-9-18)17-14(19)12-4-3-11(20-2)7-13(12)15/h3-7,9-10H,8,15H2,1-2H3,(H,17,19). The Morgan fingerprint density at radius 1 is 1.55 bits per heavy atom. The lowest BCUT2D eigenvalue weighted by atomic mass is 10.1. The van der Waals surface area contributed by atoms with Crippen LogP contribution in [0.1, 0.15) is 17.3 Å². The number of nitrogens with zero attached hydrogens (tertiary/aromatic N) is 2. The second-order valence-electron chi connectivity index (χ2n) is 4.59. The van der Waals surface area contributed by atoms with E-state index in [1.807, 2.05) is 17.7 Å². The van der Waals surface area contributed by atoms with E-state index in [2.05, 4.69) is 10.3 Å². The van der Waals surface area contributed by atoms with E-state index in [0.717, 1.165) is 0 Å². The number of anilines is 1. The van der Waals surface area contributed by atoms with Crippen LogP contribution in [0.2, 0.25) is 0 Å². The summed E-state index contributed by atoms with van der Waals surface area (Å²) in [6, 6.07) is 4.98. The first-order chi connectivity index (χ1) is 9.60. The molecule has 2 rings (SSSR count). The number of carbonyl (C=O) groups is 1. The van der Waals surface area contributed by atoms with Gasteiger partial charge < -0.3 is 20.4 Å². The van der Waals surface area contributed by atoms with Gasteiger partial charge in [-0.05, 0) is 19.1 Å². The number of rotatable bonds is 5. The number of aromatic nitrogens is 2. The van der Waals surface area contributed by atoms with Crippen molar-refractivity contribution in [1.29, 1.82) is 0 Å². The number of ether oxygens (including phenoxy) is 1. The zero-order valence-corrected chi connectivity index (χ0v) is 11.5. The first-order valence-corrected chi connectivity index (χ1v) is 6.30. The van der Waals surface area contributed by atoms with E-state index in [-0.39, 0.29) is 11.9 Å². The smallest absolute Gasteiger partial charge is 0.253 e. The lowest BCUT2D eigenvalue weighted by molar-refractivity contribution is 0.0937. The van der Waals surface area contributed by atoms with Gasteiger partial charge in [-0.2, -0.15) is 0 Å². The molecule has 1 heterocycles. The zero-order valence-electron chi connectivity index (χ0n) is 11.5. The van der Waals surface area contributed by atoms with Crippen LogP contribution in [0.25, 0.3) is 0 Å². The van der Waals surface area contributed by atoms with E-state index in [9.17, 15) is 4.79 Å². The molecule has 0 saturated heterocycles. The van der Waals surface area contributed by atoms with Crippen LogP contribution in [0.3, 0.4) is 0 Å². The van der Waals surface area contributed by atoms with Gasteiger partial charge in [0.2, 0.25) is 0 Å². The number of hydrogen-bond acceptors (Lipinski definition) is 4. The van der Waals surface area contributed by atoms with E-state index < -0.39 is 0 Å². The highest BCUT2D eigenvalue weighted by Gasteiger charge is 2.13. The minimum Gasteiger partial charge on any atom is -0.497 e. The maximum absolute atomic E-state index is 12.1. The van der Waals surface area contributed by atoms with Gasteiger partial charge in [0.15, 0.2) is 0 Å². The van der Waals surface area contributed by atoms with E-state index in [4.69, 9.17) is 10.5 Å². The molecule has 0 bridgehead atoms. The molecule has 0 saturated carbocycles. The molecule has 106 valence electrons. The topological polar surface area (TPSA) is 82.2 Å². The normalized spacial score (nSPS) is 11.9. The lowest BCUT2D eigenvalue weighted by Crippen LogP contribution is -2.35. The number of hydrogen-bond donors (Lipinski definition) is 2. The Balaban J connectivity index is 2.00. The van der Waals surface area contributed by atoms with Gasteiger partial charge in [0.05, 0.1) is 19.0 Å². The zero-order chi connectivity index (χ0) is 14.5. The first-order valence-electron chi connectivity index (χ1n) is 6.30. The summed E-state index contributed by atoms with van der Waals surface area (Å²) in [6.07, 6.45) is 5.27. The van der Waals surface area contributed by atoms with Gasteiger partial charge in [0.1, 0.15) is 5.75 Å². The highest BCUT2D eigenvalue weighted by Crippen LogP contribution is 2.19. The fraction of sp³-hybridized carbons (Fsp3) is 0.286. The van der Waals surface area contributed by atoms with Crippen molar-refractivity contribution in [2.75, 3.05) is 12.8 Å². The Morgan fingerprint density at radius 2 is 2.35 bits per heavy atom. The fourth-order valence-electron chi connectivity index (χ4n) is 1.93. The van der Waals surface area contributed by atoms with Crippen LogP contribution in [0.15, 0.2) is 36.9 Å². The van der Waals surface area contributed by atoms with Crippen LogP contribution in [0.4, 0.5) is 5.69 Å². The molecule has 0 fully saturated rings. The third kappa shape index (κ3) is 3.28. The molecule has 0 aliphatic rings. The third-order valence-corrected chi connectivity index (χ3v) is 2.92. The molecule has 20 heavy (non-hydrogen) atoms. The summed E-state index contributed by atoms with van der Waals surface area (Å²) in [6.45, 7) is 2.58. The van der Waals surface area contributed by atoms with Crippen molar-refractivity contribution in [3.05, 3.63) is 42.5 Å². The molecular weight excluding hydrogens is 256 g/mol. The predicted molar refractivity (Wildman–Crippen MR) is 76.6 cm³/mol. The third-order valence-electron chi connectivity index (χ3n) is 2.92. The van der Waals surface area contributed by atoms with Crippen molar-refractivity contribution in [3.63, 3.8) is 0 Å². The molecule has 2 aromatic rings. The largest absolute Gasteiger partial charge is 0.497 e. The molecule has 1 aromatic carbocycles. The number of nitrogens with two attached hydrogens (primary N) is 1. The second-order valence-corrected chi connectivity index (χ2v) is 4.59. The molecule has 0 spiro atoms. The van der Waals surface area contributed by atoms with Crippen LogP contribution >= 0.6 is 0 Å². The highest BCUT2D eigenvalue weighted by molar-refractivity contribution is 5.99. The Bertz CT molecular complexity index is 581. The summed E-state index contributed by atoms with van der Waals surface area (Å²) in [5.41, 5.74) is 6.70. The number of nitrogen functional groups attached to an aromatic ring is 1. The first kappa shape index (κ1) is 13.9. The van der Waals surface area contributed by atoms with Crippen molar-refractivity contribution in [1.82, 2.24) is 14.9 Å². The Labute approximate surface area is 117 Å². The predicted octanol–water partition coefficient (Wildman–Crippen LogP) is 1.29. The number of nitrogens with one attached hydrogen (secondary N) is 1. The highest BCUT2D eigenvalue weighted by atomic mass is 16.5. The van der Waals surface area contributed by atoms with Crippen molar-refractivity contribution in [2.24, 2.45) is 0 Å². The van der Waals surface area contributed by atoms with Gasteiger partial charge in [-0.25, -0.2) is 4.98 Å². The molecular formula is C14H18N4O2. The molecule has 1 unspecified atom stereocenters. The molecule has 1 aromatic heterocycles. The SMILES string of the molecule is COc1ccc(C(=O)NC(C)Cn2ccnc2)c(N)c1. The van der Waals surface area contributed by atoms with Gasteiger partial charge in [-0.15, -0.1) is 0 Å². The average molecular weight is 274 g/mol. The number of carbonyl (C=O) groups excluding carboxylic acids is 1. The average Bonchev–Trinajstić information content (AvgIpc) is 2.90. The van der Waals surface area contributed by atoms with Crippen LogP contribution in [-0.2, 0) is 6.54 Å². The maximum Gasteiger partial charge on any atom is 0.253 e. The number of amides is 1. The van der Waals surface area contributed by atoms with Crippen LogP contribution in [0.5, 0.6) is 5.75 Å². The molecule has 0 radical (unpaired) electrons. The van der Waals surface area contributed by atoms with E-state index in [1.165, 1.54) is 0 Å². The molecule has 6 heteroatoms. The molecule has 3 N–H and O–H groups in total. The van der Waals surface area contributed by atoms with E-state index in [1.54, 1.807) is 37.8 Å². The Hall–Kier alpha value is -2.50. The summed E-state index contributed by atoms with van der Waals surface area (Å²) >= 11 is 0. The van der Waals surface area contributed by atoms with Gasteiger partial charge in [-0.3, -0.25) is 4.79 Å². The van der Waals surface area contributed by atoms with Crippen molar-refractivity contribution in [2.45, 2.75) is 19.5 Å². The minimum atomic E-state index is -0.197. The Morgan fingerprint density at radius 3 is 2.95 bits per heavy atom. The lowest BCUT2D eigenvalue weighted by Gasteiger charge is -2.15. The quantitative estimate of drug-likeness (QED) is 0.805. The van der Waals surface area contributed by atoms with E-state index >= 15 is 0 Å². The maximum atomic E-state index is 12.1. The fourth-order valence-corrected chi connectivity index (χ4v) is 1.93. The summed E-state index contributed by atoms with van der Waals surface area (Å²) in [5, 5.41) is 2.90. The molecule has 6 nitrogen and oxygen atoms in total. The van der Waals surface area contributed by atoms with Crippen LogP contribution < -0.4 is 15.8 Å².